The van der Waals surface area contributed by atoms with Gasteiger partial charge in [-0.15, -0.1) is 0 Å². The van der Waals surface area contributed by atoms with E-state index in [1.165, 1.54) is 31.3 Å². The molecule has 1 aliphatic rings. The quantitative estimate of drug-likeness (QED) is 0.555. The Morgan fingerprint density at radius 1 is 1.50 bits per heavy atom. The van der Waals surface area contributed by atoms with Crippen molar-refractivity contribution in [1.82, 2.24) is 0 Å². The number of hydrogen-bond acceptors (Lipinski definition) is 0. The molecule has 0 saturated carbocycles. The molecule has 0 N–H and O–H groups in total. The van der Waals surface area contributed by atoms with Gasteiger partial charge < -0.3 is 0 Å². The molecule has 0 nitrogen and oxygen atoms in total. The summed E-state index contributed by atoms with van der Waals surface area (Å²) in [5.41, 5.74) is 3.47. The molecular formula is C14H24. The van der Waals surface area contributed by atoms with Crippen LogP contribution in [-0.2, 0) is 0 Å². The van der Waals surface area contributed by atoms with Crippen molar-refractivity contribution < 1.29 is 0 Å². The van der Waals surface area contributed by atoms with Gasteiger partial charge in [0, 0.05) is 0 Å². The molecular weight excluding hydrogens is 168 g/mol. The SMILES string of the molecule is C=C(C)[C@@H]1CC=C(CC(C)(C)C)CC1. The van der Waals surface area contributed by atoms with Crippen LogP contribution < -0.4 is 0 Å². The van der Waals surface area contributed by atoms with E-state index in [0.717, 1.165) is 5.92 Å². The van der Waals surface area contributed by atoms with Gasteiger partial charge in [0.15, 0.2) is 0 Å². The maximum absolute atomic E-state index is 4.05. The highest BCUT2D eigenvalue weighted by Crippen LogP contribution is 2.34. The first-order valence-electron chi connectivity index (χ1n) is 5.72. The summed E-state index contributed by atoms with van der Waals surface area (Å²) < 4.78 is 0. The molecule has 14 heavy (non-hydrogen) atoms. The number of hydrogen-bond donors (Lipinski definition) is 0. The van der Waals surface area contributed by atoms with Gasteiger partial charge in [-0.25, -0.2) is 0 Å². The fourth-order valence-electron chi connectivity index (χ4n) is 2.18. The zero-order valence-electron chi connectivity index (χ0n) is 10.2. The molecule has 0 saturated heterocycles. The number of allylic oxidation sites excluding steroid dienone is 3. The van der Waals surface area contributed by atoms with Crippen LogP contribution in [0.3, 0.4) is 0 Å². The predicted octanol–water partition coefficient (Wildman–Crippen LogP) is 4.73. The van der Waals surface area contributed by atoms with Gasteiger partial charge in [0.1, 0.15) is 0 Å². The second-order valence-electron chi connectivity index (χ2n) is 5.92. The summed E-state index contributed by atoms with van der Waals surface area (Å²) in [6.45, 7) is 13.2. The minimum absolute atomic E-state index is 0.446. The maximum Gasteiger partial charge on any atom is -0.0171 e. The van der Waals surface area contributed by atoms with Crippen molar-refractivity contribution in [2.45, 2.75) is 53.4 Å². The van der Waals surface area contributed by atoms with Crippen LogP contribution in [0, 0.1) is 11.3 Å². The smallest absolute Gasteiger partial charge is 0.0171 e. The molecule has 0 heterocycles. The van der Waals surface area contributed by atoms with E-state index < -0.39 is 0 Å². The highest BCUT2D eigenvalue weighted by molar-refractivity contribution is 5.13. The molecule has 0 radical (unpaired) electrons. The zero-order valence-corrected chi connectivity index (χ0v) is 10.2. The summed E-state index contributed by atoms with van der Waals surface area (Å²) >= 11 is 0. The Balaban J connectivity index is 2.49. The maximum atomic E-state index is 4.05. The Morgan fingerprint density at radius 2 is 2.14 bits per heavy atom. The third-order valence-electron chi connectivity index (χ3n) is 2.96. The standard InChI is InChI=1S/C14H24/c1-11(2)13-8-6-12(7-9-13)10-14(3,4)5/h6,13H,1,7-10H2,2-5H3/t13-/m1/s1. The first-order valence-corrected chi connectivity index (χ1v) is 5.72. The molecule has 1 aliphatic carbocycles. The lowest BCUT2D eigenvalue weighted by molar-refractivity contribution is 0.391. The number of rotatable bonds is 2. The van der Waals surface area contributed by atoms with E-state index in [1.807, 2.05) is 0 Å². The lowest BCUT2D eigenvalue weighted by atomic mass is 9.79. The van der Waals surface area contributed by atoms with Gasteiger partial charge in [-0.05, 0) is 43.9 Å². The molecule has 0 spiro atoms. The van der Waals surface area contributed by atoms with Crippen molar-refractivity contribution in [3.8, 4) is 0 Å². The lowest BCUT2D eigenvalue weighted by Crippen LogP contribution is -2.11. The molecule has 1 rings (SSSR count). The fraction of sp³-hybridized carbons (Fsp3) is 0.714. The van der Waals surface area contributed by atoms with Gasteiger partial charge >= 0.3 is 0 Å². The Morgan fingerprint density at radius 3 is 2.50 bits per heavy atom. The molecule has 0 aliphatic heterocycles. The summed E-state index contributed by atoms with van der Waals surface area (Å²) in [5, 5.41) is 0. The Bertz CT molecular complexity index is 237. The van der Waals surface area contributed by atoms with E-state index in [2.05, 4.69) is 40.3 Å². The van der Waals surface area contributed by atoms with E-state index in [0.29, 0.717) is 5.41 Å². The van der Waals surface area contributed by atoms with Gasteiger partial charge in [-0.1, -0.05) is 44.6 Å². The average molecular weight is 192 g/mol. The highest BCUT2D eigenvalue weighted by Gasteiger charge is 2.18. The van der Waals surface area contributed by atoms with Crippen LogP contribution in [0.1, 0.15) is 53.4 Å². The summed E-state index contributed by atoms with van der Waals surface area (Å²) in [4.78, 5) is 0. The molecule has 0 aromatic rings. The van der Waals surface area contributed by atoms with Gasteiger partial charge in [0.05, 0.1) is 0 Å². The molecule has 0 bridgehead atoms. The Kier molecular flexibility index (Phi) is 3.58. The van der Waals surface area contributed by atoms with Gasteiger partial charge in [0.2, 0.25) is 0 Å². The largest absolute Gasteiger partial charge is 0.0998 e. The molecule has 0 aromatic heterocycles. The zero-order chi connectivity index (χ0) is 10.8. The van der Waals surface area contributed by atoms with E-state index in [-0.39, 0.29) is 0 Å². The van der Waals surface area contributed by atoms with Crippen LogP contribution in [0.5, 0.6) is 0 Å². The van der Waals surface area contributed by atoms with Crippen LogP contribution in [0.2, 0.25) is 0 Å². The van der Waals surface area contributed by atoms with E-state index >= 15 is 0 Å². The van der Waals surface area contributed by atoms with Crippen molar-refractivity contribution in [2.24, 2.45) is 11.3 Å². The molecule has 0 heteroatoms. The van der Waals surface area contributed by atoms with Crippen molar-refractivity contribution >= 4 is 0 Å². The van der Waals surface area contributed by atoms with Crippen molar-refractivity contribution in [3.05, 3.63) is 23.8 Å². The van der Waals surface area contributed by atoms with Gasteiger partial charge in [-0.3, -0.25) is 0 Å². The predicted molar refractivity (Wildman–Crippen MR) is 64.3 cm³/mol. The van der Waals surface area contributed by atoms with Crippen LogP contribution in [-0.4, -0.2) is 0 Å². The second-order valence-corrected chi connectivity index (χ2v) is 5.92. The molecule has 80 valence electrons. The van der Waals surface area contributed by atoms with Crippen LogP contribution in [0.4, 0.5) is 0 Å². The van der Waals surface area contributed by atoms with Gasteiger partial charge in [-0.2, -0.15) is 0 Å². The summed E-state index contributed by atoms with van der Waals surface area (Å²) in [7, 11) is 0. The Hall–Kier alpha value is -0.520. The lowest BCUT2D eigenvalue weighted by Gasteiger charge is -2.26. The van der Waals surface area contributed by atoms with E-state index in [9.17, 15) is 0 Å². The molecule has 0 amide bonds. The first-order chi connectivity index (χ1) is 6.38. The fourth-order valence-corrected chi connectivity index (χ4v) is 2.18. The van der Waals surface area contributed by atoms with E-state index in [4.69, 9.17) is 0 Å². The van der Waals surface area contributed by atoms with Crippen LogP contribution in [0.25, 0.3) is 0 Å². The van der Waals surface area contributed by atoms with Crippen molar-refractivity contribution in [3.63, 3.8) is 0 Å². The summed E-state index contributed by atoms with van der Waals surface area (Å²) in [6, 6.07) is 0. The normalized spacial score (nSPS) is 23.1. The average Bonchev–Trinajstić information content (AvgIpc) is 2.02. The van der Waals surface area contributed by atoms with Crippen LogP contribution in [0.15, 0.2) is 23.8 Å². The summed E-state index contributed by atoms with van der Waals surface area (Å²) in [6.07, 6.45) is 7.54. The summed E-state index contributed by atoms with van der Waals surface area (Å²) in [5.74, 6) is 0.749. The molecule has 0 unspecified atom stereocenters. The van der Waals surface area contributed by atoms with E-state index in [1.54, 1.807) is 5.57 Å². The third-order valence-corrected chi connectivity index (χ3v) is 2.96. The highest BCUT2D eigenvalue weighted by atomic mass is 14.2. The Labute approximate surface area is 89.1 Å². The van der Waals surface area contributed by atoms with Gasteiger partial charge in [0.25, 0.3) is 0 Å². The monoisotopic (exact) mass is 192 g/mol. The minimum atomic E-state index is 0.446. The van der Waals surface area contributed by atoms with Crippen molar-refractivity contribution in [1.29, 1.82) is 0 Å². The third kappa shape index (κ3) is 3.69. The molecule has 0 aromatic carbocycles. The molecule has 0 fully saturated rings. The first kappa shape index (κ1) is 11.6. The topological polar surface area (TPSA) is 0 Å². The van der Waals surface area contributed by atoms with Crippen molar-refractivity contribution in [2.75, 3.05) is 0 Å². The minimum Gasteiger partial charge on any atom is -0.0998 e. The second kappa shape index (κ2) is 4.33. The molecule has 1 atom stereocenters. The van der Waals surface area contributed by atoms with Crippen LogP contribution >= 0.6 is 0 Å².